The molecule has 2 N–H and O–H groups in total. The minimum Gasteiger partial charge on any atom is -0.508 e. The second-order valence-electron chi connectivity index (χ2n) is 8.44. The molecule has 4 rings (SSSR count). The first kappa shape index (κ1) is 19.8. The number of ether oxygens (including phenoxy) is 1. The molecule has 3 aromatic rings. The fraction of sp³-hybridized carbons (Fsp3) is 0.240. The summed E-state index contributed by atoms with van der Waals surface area (Å²) in [4.78, 5) is 15.1. The van der Waals surface area contributed by atoms with Crippen LogP contribution in [-0.4, -0.2) is 23.2 Å². The van der Waals surface area contributed by atoms with Gasteiger partial charge in [-0.05, 0) is 69.2 Å². The number of aromatic hydroxyl groups is 1. The van der Waals surface area contributed by atoms with E-state index < -0.39 is 11.6 Å². The standard InChI is InChI=1S/C25H26N2O3/c1-25(2,3)30-24(29)21-12-11-19(27-14-13-17-7-4-5-10-23(17)27)16-22(21)26-18-8-6-9-20(28)15-18/h4-12,15-16,26,28H,13-14H2,1-3H3. The lowest BCUT2D eigenvalue weighted by Gasteiger charge is -2.24. The minimum absolute atomic E-state index is 0.156. The Labute approximate surface area is 176 Å². The number of nitrogens with one attached hydrogen (secondary N) is 1. The van der Waals surface area contributed by atoms with Gasteiger partial charge in [0.15, 0.2) is 0 Å². The molecular formula is C25H26N2O3. The smallest absolute Gasteiger partial charge is 0.340 e. The van der Waals surface area contributed by atoms with Gasteiger partial charge in [-0.1, -0.05) is 24.3 Å². The second kappa shape index (κ2) is 7.75. The van der Waals surface area contributed by atoms with Gasteiger partial charge in [-0.25, -0.2) is 4.79 Å². The Morgan fingerprint density at radius 1 is 1.03 bits per heavy atom. The molecule has 154 valence electrons. The average molecular weight is 402 g/mol. The predicted octanol–water partition coefficient (Wildman–Crippen LogP) is 5.79. The van der Waals surface area contributed by atoms with Crippen molar-refractivity contribution in [1.29, 1.82) is 0 Å². The number of nitrogens with zero attached hydrogens (tertiary/aromatic N) is 1. The summed E-state index contributed by atoms with van der Waals surface area (Å²) >= 11 is 0. The van der Waals surface area contributed by atoms with Crippen molar-refractivity contribution < 1.29 is 14.6 Å². The molecule has 0 aliphatic carbocycles. The van der Waals surface area contributed by atoms with Gasteiger partial charge in [-0.15, -0.1) is 0 Å². The van der Waals surface area contributed by atoms with Gasteiger partial charge in [0.05, 0.1) is 11.3 Å². The molecule has 0 spiro atoms. The molecule has 30 heavy (non-hydrogen) atoms. The molecule has 0 saturated heterocycles. The number of fused-ring (bicyclic) bond motifs is 1. The van der Waals surface area contributed by atoms with Crippen LogP contribution in [0, 0.1) is 0 Å². The molecule has 0 bridgehead atoms. The normalized spacial score (nSPS) is 13.1. The quantitative estimate of drug-likeness (QED) is 0.541. The van der Waals surface area contributed by atoms with E-state index in [0.717, 1.165) is 18.7 Å². The third-order valence-corrected chi connectivity index (χ3v) is 4.95. The molecule has 0 aromatic heterocycles. The molecule has 1 heterocycles. The summed E-state index contributed by atoms with van der Waals surface area (Å²) in [6.45, 7) is 6.44. The minimum atomic E-state index is -0.591. The summed E-state index contributed by atoms with van der Waals surface area (Å²) in [6, 6.07) is 20.9. The van der Waals surface area contributed by atoms with E-state index in [-0.39, 0.29) is 5.75 Å². The van der Waals surface area contributed by atoms with E-state index in [0.29, 0.717) is 16.9 Å². The highest BCUT2D eigenvalue weighted by atomic mass is 16.6. The SMILES string of the molecule is CC(C)(C)OC(=O)c1ccc(N2CCc3ccccc32)cc1Nc1cccc(O)c1. The van der Waals surface area contributed by atoms with Crippen molar-refractivity contribution in [3.05, 3.63) is 77.9 Å². The van der Waals surface area contributed by atoms with Crippen LogP contribution in [0.2, 0.25) is 0 Å². The first-order valence-electron chi connectivity index (χ1n) is 10.1. The Hall–Kier alpha value is -3.47. The molecule has 0 fully saturated rings. The zero-order chi connectivity index (χ0) is 21.3. The van der Waals surface area contributed by atoms with Gasteiger partial charge in [0, 0.05) is 29.7 Å². The van der Waals surface area contributed by atoms with Crippen LogP contribution in [0.4, 0.5) is 22.7 Å². The number of para-hydroxylation sites is 1. The summed E-state index contributed by atoms with van der Waals surface area (Å²) in [6.07, 6.45) is 0.985. The number of anilines is 4. The fourth-order valence-electron chi connectivity index (χ4n) is 3.66. The van der Waals surface area contributed by atoms with Gasteiger partial charge in [-0.2, -0.15) is 0 Å². The van der Waals surface area contributed by atoms with Crippen LogP contribution < -0.4 is 10.2 Å². The number of phenols is 1. The topological polar surface area (TPSA) is 61.8 Å². The largest absolute Gasteiger partial charge is 0.508 e. The monoisotopic (exact) mass is 402 g/mol. The molecule has 0 amide bonds. The number of rotatable bonds is 4. The molecule has 1 aliphatic rings. The zero-order valence-corrected chi connectivity index (χ0v) is 17.5. The Balaban J connectivity index is 1.73. The number of benzene rings is 3. The van der Waals surface area contributed by atoms with Gasteiger partial charge in [0.25, 0.3) is 0 Å². The Kier molecular flexibility index (Phi) is 5.12. The molecule has 5 nitrogen and oxygen atoms in total. The number of hydrogen-bond donors (Lipinski definition) is 2. The van der Waals surface area contributed by atoms with E-state index in [2.05, 4.69) is 28.4 Å². The highest BCUT2D eigenvalue weighted by molar-refractivity contribution is 5.98. The van der Waals surface area contributed by atoms with Crippen LogP contribution in [0.3, 0.4) is 0 Å². The Bertz CT molecular complexity index is 1090. The van der Waals surface area contributed by atoms with Crippen LogP contribution in [0.5, 0.6) is 5.75 Å². The lowest BCUT2D eigenvalue weighted by atomic mass is 10.1. The number of carbonyl (C=O) groups is 1. The van der Waals surface area contributed by atoms with Crippen LogP contribution >= 0.6 is 0 Å². The zero-order valence-electron chi connectivity index (χ0n) is 17.5. The number of hydrogen-bond acceptors (Lipinski definition) is 5. The van der Waals surface area contributed by atoms with Crippen LogP contribution in [0.15, 0.2) is 66.7 Å². The molecule has 0 unspecified atom stereocenters. The first-order chi connectivity index (χ1) is 14.3. The van der Waals surface area contributed by atoms with Crippen molar-refractivity contribution in [2.45, 2.75) is 32.8 Å². The van der Waals surface area contributed by atoms with Crippen molar-refractivity contribution in [3.63, 3.8) is 0 Å². The molecule has 0 saturated carbocycles. The van der Waals surface area contributed by atoms with Gasteiger partial charge in [0.2, 0.25) is 0 Å². The molecule has 3 aromatic carbocycles. The molecule has 0 radical (unpaired) electrons. The maximum atomic E-state index is 12.8. The number of carbonyl (C=O) groups excluding carboxylic acids is 1. The van der Waals surface area contributed by atoms with Gasteiger partial charge < -0.3 is 20.1 Å². The van der Waals surface area contributed by atoms with E-state index in [1.54, 1.807) is 24.3 Å². The summed E-state index contributed by atoms with van der Waals surface area (Å²) in [5, 5.41) is 13.1. The number of phenolic OH excluding ortho intramolecular Hbond substituents is 1. The Morgan fingerprint density at radius 2 is 1.83 bits per heavy atom. The lowest BCUT2D eigenvalue weighted by Crippen LogP contribution is -2.24. The maximum Gasteiger partial charge on any atom is 0.340 e. The maximum absolute atomic E-state index is 12.8. The van der Waals surface area contributed by atoms with E-state index in [9.17, 15) is 9.90 Å². The highest BCUT2D eigenvalue weighted by Crippen LogP contribution is 2.37. The van der Waals surface area contributed by atoms with Crippen molar-refractivity contribution in [3.8, 4) is 5.75 Å². The summed E-state index contributed by atoms with van der Waals surface area (Å²) in [7, 11) is 0. The van der Waals surface area contributed by atoms with Crippen molar-refractivity contribution in [1.82, 2.24) is 0 Å². The van der Waals surface area contributed by atoms with Gasteiger partial charge in [-0.3, -0.25) is 0 Å². The van der Waals surface area contributed by atoms with Crippen LogP contribution in [-0.2, 0) is 11.2 Å². The molecule has 5 heteroatoms. The van der Waals surface area contributed by atoms with E-state index in [1.165, 1.54) is 11.3 Å². The average Bonchev–Trinajstić information content (AvgIpc) is 3.11. The fourth-order valence-corrected chi connectivity index (χ4v) is 3.66. The van der Waals surface area contributed by atoms with Gasteiger partial charge >= 0.3 is 5.97 Å². The molecule has 1 aliphatic heterocycles. The van der Waals surface area contributed by atoms with Gasteiger partial charge in [0.1, 0.15) is 11.4 Å². The lowest BCUT2D eigenvalue weighted by molar-refractivity contribution is 0.00708. The van der Waals surface area contributed by atoms with Crippen molar-refractivity contribution >= 4 is 28.7 Å². The van der Waals surface area contributed by atoms with Crippen molar-refractivity contribution in [2.75, 3.05) is 16.8 Å². The van der Waals surface area contributed by atoms with Crippen LogP contribution in [0.25, 0.3) is 0 Å². The van der Waals surface area contributed by atoms with E-state index in [1.807, 2.05) is 45.0 Å². The summed E-state index contributed by atoms with van der Waals surface area (Å²) in [5.74, 6) is -0.234. The highest BCUT2D eigenvalue weighted by Gasteiger charge is 2.24. The molecule has 0 atom stereocenters. The molecular weight excluding hydrogens is 376 g/mol. The van der Waals surface area contributed by atoms with Crippen LogP contribution in [0.1, 0.15) is 36.7 Å². The number of esters is 1. The van der Waals surface area contributed by atoms with Crippen molar-refractivity contribution in [2.24, 2.45) is 0 Å². The van der Waals surface area contributed by atoms with E-state index >= 15 is 0 Å². The predicted molar refractivity (Wildman–Crippen MR) is 120 cm³/mol. The summed E-state index contributed by atoms with van der Waals surface area (Å²) < 4.78 is 5.61. The Morgan fingerprint density at radius 3 is 2.60 bits per heavy atom. The third kappa shape index (κ3) is 4.25. The first-order valence-corrected chi connectivity index (χ1v) is 10.1. The third-order valence-electron chi connectivity index (χ3n) is 4.95. The second-order valence-corrected chi connectivity index (χ2v) is 8.44. The summed E-state index contributed by atoms with van der Waals surface area (Å²) in [5.41, 5.74) is 4.68. The van der Waals surface area contributed by atoms with E-state index in [4.69, 9.17) is 4.74 Å².